The molecule has 0 amide bonds. The second-order valence-corrected chi connectivity index (χ2v) is 3.65. The number of rotatable bonds is 5. The van der Waals surface area contributed by atoms with Crippen LogP contribution in [0, 0.1) is 5.92 Å². The van der Waals surface area contributed by atoms with Gasteiger partial charge < -0.3 is 0 Å². The van der Waals surface area contributed by atoms with Crippen molar-refractivity contribution in [1.82, 2.24) is 0 Å². The molecule has 0 saturated heterocycles. The highest BCUT2D eigenvalue weighted by molar-refractivity contribution is 5.91. The van der Waals surface area contributed by atoms with E-state index in [0.717, 1.165) is 6.42 Å². The van der Waals surface area contributed by atoms with Crippen molar-refractivity contribution in [2.75, 3.05) is 0 Å². The molecule has 0 radical (unpaired) electrons. The highest BCUT2D eigenvalue weighted by atomic mass is 16.1. The second-order valence-electron chi connectivity index (χ2n) is 3.65. The summed E-state index contributed by atoms with van der Waals surface area (Å²) in [5.74, 6) is 0.394. The van der Waals surface area contributed by atoms with Gasteiger partial charge in [-0.1, -0.05) is 32.8 Å². The van der Waals surface area contributed by atoms with Crippen LogP contribution in [0.15, 0.2) is 11.6 Å². The number of hydrogen-bond donors (Lipinski definition) is 0. The number of unbranched alkanes of at least 4 members (excludes halogenated alkanes) is 1. The molecule has 0 saturated carbocycles. The molecular weight excluding hydrogens is 148 g/mol. The summed E-state index contributed by atoms with van der Waals surface area (Å²) in [6.07, 6.45) is 5.24. The van der Waals surface area contributed by atoms with Gasteiger partial charge in [-0.15, -0.1) is 0 Å². The van der Waals surface area contributed by atoms with Crippen molar-refractivity contribution in [2.24, 2.45) is 5.92 Å². The van der Waals surface area contributed by atoms with Crippen molar-refractivity contribution in [3.05, 3.63) is 11.6 Å². The lowest BCUT2D eigenvalue weighted by Gasteiger charge is -2.01. The zero-order valence-corrected chi connectivity index (χ0v) is 8.68. The third kappa shape index (κ3) is 5.11. The standard InChI is InChI=1S/C11H20O/c1-5-6-7-10(4)8-11(12)9(2)3/h8-9H,5-7H2,1-4H3/b10-8+. The van der Waals surface area contributed by atoms with E-state index in [4.69, 9.17) is 0 Å². The Morgan fingerprint density at radius 3 is 2.42 bits per heavy atom. The summed E-state index contributed by atoms with van der Waals surface area (Å²) in [5, 5.41) is 0. The lowest BCUT2D eigenvalue weighted by Crippen LogP contribution is -2.03. The van der Waals surface area contributed by atoms with Gasteiger partial charge >= 0.3 is 0 Å². The van der Waals surface area contributed by atoms with Gasteiger partial charge in [-0.05, 0) is 25.8 Å². The molecule has 0 heterocycles. The van der Waals surface area contributed by atoms with Crippen LogP contribution in [0.25, 0.3) is 0 Å². The van der Waals surface area contributed by atoms with E-state index in [2.05, 4.69) is 6.92 Å². The van der Waals surface area contributed by atoms with Crippen molar-refractivity contribution in [1.29, 1.82) is 0 Å². The Labute approximate surface area is 75.9 Å². The molecule has 0 aromatic heterocycles. The summed E-state index contributed by atoms with van der Waals surface area (Å²) in [7, 11) is 0. The Bertz CT molecular complexity index is 166. The van der Waals surface area contributed by atoms with E-state index in [9.17, 15) is 4.79 Å². The Morgan fingerprint density at radius 2 is 2.00 bits per heavy atom. The quantitative estimate of drug-likeness (QED) is 0.575. The van der Waals surface area contributed by atoms with Crippen LogP contribution in [-0.4, -0.2) is 5.78 Å². The maximum absolute atomic E-state index is 11.2. The molecule has 0 aromatic rings. The maximum Gasteiger partial charge on any atom is 0.158 e. The molecule has 1 nitrogen and oxygen atoms in total. The van der Waals surface area contributed by atoms with Crippen molar-refractivity contribution in [3.8, 4) is 0 Å². The second kappa shape index (κ2) is 5.99. The summed E-state index contributed by atoms with van der Waals surface area (Å²) < 4.78 is 0. The summed E-state index contributed by atoms with van der Waals surface area (Å²) in [5.41, 5.74) is 1.22. The topological polar surface area (TPSA) is 17.1 Å². The minimum absolute atomic E-state index is 0.140. The van der Waals surface area contributed by atoms with Gasteiger partial charge in [-0.3, -0.25) is 4.79 Å². The average Bonchev–Trinajstić information content (AvgIpc) is 2.00. The number of carbonyl (C=O) groups is 1. The third-order valence-corrected chi connectivity index (χ3v) is 1.88. The molecule has 0 unspecified atom stereocenters. The van der Waals surface area contributed by atoms with Gasteiger partial charge in [0, 0.05) is 5.92 Å². The number of hydrogen-bond acceptors (Lipinski definition) is 1. The fraction of sp³-hybridized carbons (Fsp3) is 0.727. The zero-order chi connectivity index (χ0) is 9.56. The van der Waals surface area contributed by atoms with Gasteiger partial charge in [0.2, 0.25) is 0 Å². The van der Waals surface area contributed by atoms with E-state index in [0.29, 0.717) is 0 Å². The Hall–Kier alpha value is -0.590. The molecule has 0 aliphatic rings. The van der Waals surface area contributed by atoms with Gasteiger partial charge in [0.15, 0.2) is 5.78 Å². The van der Waals surface area contributed by atoms with Crippen LogP contribution < -0.4 is 0 Å². The lowest BCUT2D eigenvalue weighted by atomic mass is 10.0. The monoisotopic (exact) mass is 168 g/mol. The first-order valence-corrected chi connectivity index (χ1v) is 4.79. The van der Waals surface area contributed by atoms with E-state index < -0.39 is 0 Å². The van der Waals surface area contributed by atoms with Crippen molar-refractivity contribution in [3.63, 3.8) is 0 Å². The molecule has 0 spiro atoms. The van der Waals surface area contributed by atoms with Crippen LogP contribution in [-0.2, 0) is 4.79 Å². The molecule has 12 heavy (non-hydrogen) atoms. The van der Waals surface area contributed by atoms with Crippen LogP contribution in [0.2, 0.25) is 0 Å². The summed E-state index contributed by atoms with van der Waals surface area (Å²) >= 11 is 0. The summed E-state index contributed by atoms with van der Waals surface area (Å²) in [4.78, 5) is 11.2. The SMILES string of the molecule is CCCC/C(C)=C/C(=O)C(C)C. The number of carbonyl (C=O) groups excluding carboxylic acids is 1. The largest absolute Gasteiger partial charge is 0.295 e. The van der Waals surface area contributed by atoms with Crippen LogP contribution in [0.5, 0.6) is 0 Å². The molecular formula is C11H20O. The Kier molecular flexibility index (Phi) is 5.69. The molecule has 70 valence electrons. The van der Waals surface area contributed by atoms with Gasteiger partial charge in [-0.25, -0.2) is 0 Å². The van der Waals surface area contributed by atoms with Crippen LogP contribution in [0.3, 0.4) is 0 Å². The lowest BCUT2D eigenvalue weighted by molar-refractivity contribution is -0.117. The van der Waals surface area contributed by atoms with Gasteiger partial charge in [0.05, 0.1) is 0 Å². The fourth-order valence-electron chi connectivity index (χ4n) is 0.937. The molecule has 0 fully saturated rings. The Morgan fingerprint density at radius 1 is 1.42 bits per heavy atom. The molecule has 0 N–H and O–H groups in total. The third-order valence-electron chi connectivity index (χ3n) is 1.88. The predicted molar refractivity (Wildman–Crippen MR) is 53.1 cm³/mol. The smallest absolute Gasteiger partial charge is 0.158 e. The van der Waals surface area contributed by atoms with E-state index in [1.54, 1.807) is 6.08 Å². The van der Waals surface area contributed by atoms with Crippen LogP contribution in [0.1, 0.15) is 47.0 Å². The molecule has 0 aromatic carbocycles. The molecule has 0 aliphatic heterocycles. The van der Waals surface area contributed by atoms with Gasteiger partial charge in [0.1, 0.15) is 0 Å². The van der Waals surface area contributed by atoms with Gasteiger partial charge in [0.25, 0.3) is 0 Å². The zero-order valence-electron chi connectivity index (χ0n) is 8.68. The first-order chi connectivity index (χ1) is 5.57. The maximum atomic E-state index is 11.2. The number of allylic oxidation sites excluding steroid dienone is 2. The molecule has 0 bridgehead atoms. The molecule has 0 rings (SSSR count). The molecule has 0 aliphatic carbocycles. The number of ketones is 1. The summed E-state index contributed by atoms with van der Waals surface area (Å²) in [6, 6.07) is 0. The van der Waals surface area contributed by atoms with E-state index in [1.165, 1.54) is 18.4 Å². The van der Waals surface area contributed by atoms with E-state index in [1.807, 2.05) is 20.8 Å². The first kappa shape index (κ1) is 11.4. The van der Waals surface area contributed by atoms with E-state index in [-0.39, 0.29) is 11.7 Å². The predicted octanol–water partition coefficient (Wildman–Crippen LogP) is 3.35. The van der Waals surface area contributed by atoms with Crippen molar-refractivity contribution < 1.29 is 4.79 Å². The van der Waals surface area contributed by atoms with E-state index >= 15 is 0 Å². The molecule has 1 heteroatoms. The molecule has 0 atom stereocenters. The first-order valence-electron chi connectivity index (χ1n) is 4.79. The van der Waals surface area contributed by atoms with Crippen molar-refractivity contribution in [2.45, 2.75) is 47.0 Å². The normalized spacial score (nSPS) is 12.2. The summed E-state index contributed by atoms with van der Waals surface area (Å²) in [6.45, 7) is 8.07. The average molecular weight is 168 g/mol. The minimum Gasteiger partial charge on any atom is -0.295 e. The van der Waals surface area contributed by atoms with Crippen molar-refractivity contribution >= 4 is 5.78 Å². The highest BCUT2D eigenvalue weighted by Crippen LogP contribution is 2.07. The Balaban J connectivity index is 3.89. The van der Waals surface area contributed by atoms with Crippen LogP contribution >= 0.6 is 0 Å². The highest BCUT2D eigenvalue weighted by Gasteiger charge is 2.03. The van der Waals surface area contributed by atoms with Gasteiger partial charge in [-0.2, -0.15) is 0 Å². The fourth-order valence-corrected chi connectivity index (χ4v) is 0.937. The van der Waals surface area contributed by atoms with Crippen LogP contribution in [0.4, 0.5) is 0 Å². The minimum atomic E-state index is 0.140.